The first kappa shape index (κ1) is 15.8. The predicted octanol–water partition coefficient (Wildman–Crippen LogP) is 1.83. The molecule has 0 fully saturated rings. The van der Waals surface area contributed by atoms with Crippen molar-refractivity contribution in [1.29, 1.82) is 0 Å². The van der Waals surface area contributed by atoms with Crippen molar-refractivity contribution in [3.05, 3.63) is 23.3 Å². The van der Waals surface area contributed by atoms with Gasteiger partial charge < -0.3 is 20.1 Å². The fraction of sp³-hybridized carbons (Fsp3) is 0.600. The lowest BCUT2D eigenvalue weighted by Crippen LogP contribution is -2.36. The molecule has 2 N–H and O–H groups in total. The largest absolute Gasteiger partial charge is 0.493 e. The molecule has 0 aliphatic carbocycles. The maximum atomic E-state index is 5.68. The molecule has 1 unspecified atom stereocenters. The van der Waals surface area contributed by atoms with Crippen LogP contribution in [0.4, 0.5) is 0 Å². The average molecular weight is 266 g/mol. The van der Waals surface area contributed by atoms with E-state index in [0.717, 1.165) is 24.5 Å². The van der Waals surface area contributed by atoms with Crippen molar-refractivity contribution < 1.29 is 9.47 Å². The first-order valence-electron chi connectivity index (χ1n) is 6.65. The molecule has 4 nitrogen and oxygen atoms in total. The smallest absolute Gasteiger partial charge is 0.161 e. The number of methoxy groups -OCH3 is 2. The van der Waals surface area contributed by atoms with Crippen molar-refractivity contribution in [2.24, 2.45) is 5.73 Å². The Hall–Kier alpha value is -1.26. The zero-order valence-corrected chi connectivity index (χ0v) is 12.7. The summed E-state index contributed by atoms with van der Waals surface area (Å²) in [5.41, 5.74) is 8.19. The Morgan fingerprint density at radius 3 is 2.32 bits per heavy atom. The van der Waals surface area contributed by atoms with Crippen LogP contribution in [0.3, 0.4) is 0 Å². The highest BCUT2D eigenvalue weighted by Crippen LogP contribution is 2.30. The minimum Gasteiger partial charge on any atom is -0.493 e. The summed E-state index contributed by atoms with van der Waals surface area (Å²) in [5, 5.41) is 0. The number of hydrogen-bond acceptors (Lipinski definition) is 4. The standard InChI is InChI=1S/C15H26N2O2/c1-11-8-14(18-4)15(19-5)9-13(11)6-7-17(3)12(2)10-16/h8-9,12H,6-7,10,16H2,1-5H3. The molecular formula is C15H26N2O2. The number of ether oxygens (including phenoxy) is 2. The molecule has 0 radical (unpaired) electrons. The molecule has 0 aromatic heterocycles. The Balaban J connectivity index is 2.78. The van der Waals surface area contributed by atoms with Gasteiger partial charge in [-0.15, -0.1) is 0 Å². The molecule has 1 aromatic rings. The Morgan fingerprint density at radius 1 is 1.21 bits per heavy atom. The second-order valence-corrected chi connectivity index (χ2v) is 4.95. The van der Waals surface area contributed by atoms with Crippen LogP contribution in [0.5, 0.6) is 11.5 Å². The van der Waals surface area contributed by atoms with Gasteiger partial charge in [0.05, 0.1) is 14.2 Å². The lowest BCUT2D eigenvalue weighted by Gasteiger charge is -2.23. The molecule has 108 valence electrons. The molecule has 0 saturated carbocycles. The van der Waals surface area contributed by atoms with Crippen molar-refractivity contribution in [3.8, 4) is 11.5 Å². The first-order chi connectivity index (χ1) is 9.03. The number of aryl methyl sites for hydroxylation is 1. The minimum atomic E-state index is 0.403. The number of nitrogens with zero attached hydrogens (tertiary/aromatic N) is 1. The molecule has 0 spiro atoms. The van der Waals surface area contributed by atoms with Crippen LogP contribution in [0.15, 0.2) is 12.1 Å². The maximum Gasteiger partial charge on any atom is 0.161 e. The second-order valence-electron chi connectivity index (χ2n) is 4.95. The van der Waals surface area contributed by atoms with Crippen LogP contribution in [-0.4, -0.2) is 45.3 Å². The van der Waals surface area contributed by atoms with E-state index in [-0.39, 0.29) is 0 Å². The fourth-order valence-corrected chi connectivity index (χ4v) is 1.99. The SMILES string of the molecule is COc1cc(C)c(CCN(C)C(C)CN)cc1OC. The summed E-state index contributed by atoms with van der Waals surface area (Å²) >= 11 is 0. The van der Waals surface area contributed by atoms with E-state index < -0.39 is 0 Å². The molecule has 4 heteroatoms. The van der Waals surface area contributed by atoms with Crippen molar-refractivity contribution in [1.82, 2.24) is 4.90 Å². The van der Waals surface area contributed by atoms with Crippen molar-refractivity contribution in [2.45, 2.75) is 26.3 Å². The van der Waals surface area contributed by atoms with E-state index in [1.807, 2.05) is 6.07 Å². The number of nitrogens with two attached hydrogens (primary N) is 1. The van der Waals surface area contributed by atoms with E-state index in [2.05, 4.69) is 31.9 Å². The highest BCUT2D eigenvalue weighted by Gasteiger charge is 2.11. The molecule has 0 amide bonds. The van der Waals surface area contributed by atoms with E-state index in [0.29, 0.717) is 12.6 Å². The molecule has 0 heterocycles. The molecule has 0 aliphatic heterocycles. The Morgan fingerprint density at radius 2 is 1.79 bits per heavy atom. The van der Waals surface area contributed by atoms with Gasteiger partial charge in [-0.25, -0.2) is 0 Å². The monoisotopic (exact) mass is 266 g/mol. The van der Waals surface area contributed by atoms with Gasteiger partial charge >= 0.3 is 0 Å². The van der Waals surface area contributed by atoms with Crippen LogP contribution in [-0.2, 0) is 6.42 Å². The first-order valence-corrected chi connectivity index (χ1v) is 6.65. The summed E-state index contributed by atoms with van der Waals surface area (Å²) in [7, 11) is 5.43. The topological polar surface area (TPSA) is 47.7 Å². The zero-order chi connectivity index (χ0) is 14.4. The zero-order valence-electron chi connectivity index (χ0n) is 12.7. The molecular weight excluding hydrogens is 240 g/mol. The van der Waals surface area contributed by atoms with E-state index >= 15 is 0 Å². The molecule has 0 aliphatic rings. The van der Waals surface area contributed by atoms with Crippen LogP contribution in [0.1, 0.15) is 18.1 Å². The lowest BCUT2D eigenvalue weighted by atomic mass is 10.0. The highest BCUT2D eigenvalue weighted by molar-refractivity contribution is 5.47. The third-order valence-corrected chi connectivity index (χ3v) is 3.67. The summed E-state index contributed by atoms with van der Waals surface area (Å²) in [6.07, 6.45) is 0.979. The van der Waals surface area contributed by atoms with Crippen LogP contribution >= 0.6 is 0 Å². The van der Waals surface area contributed by atoms with Gasteiger partial charge in [-0.05, 0) is 50.6 Å². The van der Waals surface area contributed by atoms with E-state index in [4.69, 9.17) is 15.2 Å². The van der Waals surface area contributed by atoms with E-state index in [1.54, 1.807) is 14.2 Å². The number of hydrogen-bond donors (Lipinski definition) is 1. The Labute approximate surface area is 116 Å². The van der Waals surface area contributed by atoms with Crippen LogP contribution in [0.2, 0.25) is 0 Å². The lowest BCUT2D eigenvalue weighted by molar-refractivity contribution is 0.266. The highest BCUT2D eigenvalue weighted by atomic mass is 16.5. The summed E-state index contributed by atoms with van der Waals surface area (Å²) in [6.45, 7) is 5.90. The van der Waals surface area contributed by atoms with Gasteiger partial charge in [-0.2, -0.15) is 0 Å². The quantitative estimate of drug-likeness (QED) is 0.818. The maximum absolute atomic E-state index is 5.68. The minimum absolute atomic E-state index is 0.403. The molecule has 19 heavy (non-hydrogen) atoms. The predicted molar refractivity (Wildman–Crippen MR) is 79.1 cm³/mol. The average Bonchev–Trinajstić information content (AvgIpc) is 2.44. The third-order valence-electron chi connectivity index (χ3n) is 3.67. The number of benzene rings is 1. The Bertz CT molecular complexity index is 407. The summed E-state index contributed by atoms with van der Waals surface area (Å²) < 4.78 is 10.7. The molecule has 1 aromatic carbocycles. The van der Waals surface area contributed by atoms with Crippen LogP contribution < -0.4 is 15.2 Å². The number of rotatable bonds is 7. The molecule has 1 rings (SSSR count). The summed E-state index contributed by atoms with van der Waals surface area (Å²) in [6, 6.07) is 4.50. The Kier molecular flexibility index (Phi) is 6.12. The molecule has 0 saturated heterocycles. The van der Waals surface area contributed by atoms with Crippen LogP contribution in [0.25, 0.3) is 0 Å². The molecule has 1 atom stereocenters. The van der Waals surface area contributed by atoms with Gasteiger partial charge in [-0.3, -0.25) is 0 Å². The van der Waals surface area contributed by atoms with E-state index in [1.165, 1.54) is 11.1 Å². The van der Waals surface area contributed by atoms with Gasteiger partial charge in [0.15, 0.2) is 11.5 Å². The van der Waals surface area contributed by atoms with Crippen molar-refractivity contribution in [2.75, 3.05) is 34.4 Å². The second kappa shape index (κ2) is 7.36. The van der Waals surface area contributed by atoms with Gasteiger partial charge in [0.2, 0.25) is 0 Å². The summed E-state index contributed by atoms with van der Waals surface area (Å²) in [4.78, 5) is 2.27. The number of likely N-dealkylation sites (N-methyl/N-ethyl adjacent to an activating group) is 1. The van der Waals surface area contributed by atoms with Gasteiger partial charge in [0, 0.05) is 19.1 Å². The van der Waals surface area contributed by atoms with Crippen molar-refractivity contribution in [3.63, 3.8) is 0 Å². The van der Waals surface area contributed by atoms with E-state index in [9.17, 15) is 0 Å². The fourth-order valence-electron chi connectivity index (χ4n) is 1.99. The molecule has 0 bridgehead atoms. The van der Waals surface area contributed by atoms with Gasteiger partial charge in [-0.1, -0.05) is 0 Å². The third kappa shape index (κ3) is 4.11. The van der Waals surface area contributed by atoms with Gasteiger partial charge in [0.1, 0.15) is 0 Å². The normalized spacial score (nSPS) is 12.6. The van der Waals surface area contributed by atoms with Crippen molar-refractivity contribution >= 4 is 0 Å². The van der Waals surface area contributed by atoms with Crippen LogP contribution in [0, 0.1) is 6.92 Å². The van der Waals surface area contributed by atoms with Gasteiger partial charge in [0.25, 0.3) is 0 Å². The summed E-state index contributed by atoms with van der Waals surface area (Å²) in [5.74, 6) is 1.57.